The number of fused-ring (bicyclic) bond motifs is 1. The molecule has 0 aromatic carbocycles. The zero-order chi connectivity index (χ0) is 12.0. The minimum atomic E-state index is 0.736. The Morgan fingerprint density at radius 1 is 1.18 bits per heavy atom. The molecule has 1 N–H and O–H groups in total. The molecule has 0 saturated carbocycles. The van der Waals surface area contributed by atoms with Crippen molar-refractivity contribution < 1.29 is 4.42 Å². The smallest absolute Gasteiger partial charge is 0.178 e. The number of rotatable bonds is 1. The summed E-state index contributed by atoms with van der Waals surface area (Å²) in [5.74, 6) is 2.65. The van der Waals surface area contributed by atoms with Gasteiger partial charge in [0.05, 0.1) is 11.1 Å². The summed E-state index contributed by atoms with van der Waals surface area (Å²) < 4.78 is 5.62. The highest BCUT2D eigenvalue weighted by atomic mass is 16.3. The molecule has 0 aliphatic carbocycles. The number of hydrogen-bond acceptors (Lipinski definition) is 3. The van der Waals surface area contributed by atoms with Crippen LogP contribution < -0.4 is 0 Å². The van der Waals surface area contributed by atoms with Crippen molar-refractivity contribution in [3.63, 3.8) is 0 Å². The summed E-state index contributed by atoms with van der Waals surface area (Å²) >= 11 is 0. The highest BCUT2D eigenvalue weighted by Gasteiger charge is 2.16. The lowest BCUT2D eigenvalue weighted by molar-refractivity contribution is 0.503. The molecule has 0 aliphatic heterocycles. The number of aromatic amines is 1. The Morgan fingerprint density at radius 3 is 2.65 bits per heavy atom. The number of imidazole rings is 1. The molecule has 3 aromatic heterocycles. The van der Waals surface area contributed by atoms with Crippen LogP contribution in [0.5, 0.6) is 0 Å². The van der Waals surface area contributed by atoms with Gasteiger partial charge in [0.15, 0.2) is 5.65 Å². The first-order chi connectivity index (χ1) is 8.16. The van der Waals surface area contributed by atoms with Gasteiger partial charge in [0.25, 0.3) is 0 Å². The second-order valence-electron chi connectivity index (χ2n) is 4.17. The van der Waals surface area contributed by atoms with Crippen molar-refractivity contribution in [2.75, 3.05) is 0 Å². The van der Waals surface area contributed by atoms with E-state index in [0.29, 0.717) is 0 Å². The summed E-state index contributed by atoms with van der Waals surface area (Å²) in [6, 6.07) is 3.86. The zero-order valence-electron chi connectivity index (χ0n) is 10.0. The molecule has 4 heteroatoms. The third-order valence-corrected chi connectivity index (χ3v) is 3.06. The lowest BCUT2D eigenvalue weighted by Crippen LogP contribution is -1.83. The van der Waals surface area contributed by atoms with Gasteiger partial charge in [0.2, 0.25) is 0 Å². The van der Waals surface area contributed by atoms with Crippen molar-refractivity contribution in [1.29, 1.82) is 0 Å². The van der Waals surface area contributed by atoms with Crippen LogP contribution in [0.1, 0.15) is 17.1 Å². The average Bonchev–Trinajstić information content (AvgIpc) is 2.81. The number of aromatic nitrogens is 3. The Hall–Kier alpha value is -2.10. The second-order valence-corrected chi connectivity index (χ2v) is 4.17. The number of hydrogen-bond donors (Lipinski definition) is 1. The van der Waals surface area contributed by atoms with Gasteiger partial charge in [-0.2, -0.15) is 0 Å². The summed E-state index contributed by atoms with van der Waals surface area (Å²) in [4.78, 5) is 12.0. The largest absolute Gasteiger partial charge is 0.466 e. The molecule has 0 unspecified atom stereocenters. The molecule has 0 saturated heterocycles. The third-order valence-electron chi connectivity index (χ3n) is 3.06. The van der Waals surface area contributed by atoms with E-state index in [1.54, 1.807) is 6.20 Å². The maximum atomic E-state index is 5.62. The molecule has 0 radical (unpaired) electrons. The van der Waals surface area contributed by atoms with E-state index >= 15 is 0 Å². The van der Waals surface area contributed by atoms with Crippen LogP contribution in [0.25, 0.3) is 22.6 Å². The number of nitrogens with zero attached hydrogens (tertiary/aromatic N) is 2. The van der Waals surface area contributed by atoms with Gasteiger partial charge in [-0.3, -0.25) is 0 Å². The number of aryl methyl sites for hydroxylation is 2. The molecule has 0 aliphatic rings. The first-order valence-electron chi connectivity index (χ1n) is 5.54. The molecular formula is C13H13N3O. The van der Waals surface area contributed by atoms with Gasteiger partial charge in [-0.05, 0) is 32.9 Å². The third kappa shape index (κ3) is 1.45. The molecule has 3 rings (SSSR count). The predicted molar refractivity (Wildman–Crippen MR) is 65.8 cm³/mol. The standard InChI is InChI=1S/C13H13N3O/c1-7-8(2)17-9(3)11(7)13-15-10-5-4-6-14-12(10)16-13/h4-6H,1-3H3,(H,14,15,16). The summed E-state index contributed by atoms with van der Waals surface area (Å²) in [5, 5.41) is 0. The van der Waals surface area contributed by atoms with Gasteiger partial charge in [0, 0.05) is 11.8 Å². The number of furan rings is 1. The van der Waals surface area contributed by atoms with Crippen molar-refractivity contribution in [2.45, 2.75) is 20.8 Å². The van der Waals surface area contributed by atoms with Crippen LogP contribution in [0.3, 0.4) is 0 Å². The van der Waals surface area contributed by atoms with Gasteiger partial charge in [-0.25, -0.2) is 9.97 Å². The molecule has 17 heavy (non-hydrogen) atoms. The van der Waals surface area contributed by atoms with E-state index in [2.05, 4.69) is 15.0 Å². The molecule has 0 bridgehead atoms. The fourth-order valence-electron chi connectivity index (χ4n) is 2.11. The van der Waals surface area contributed by atoms with Crippen LogP contribution in [0, 0.1) is 20.8 Å². The minimum absolute atomic E-state index is 0.736. The molecule has 3 heterocycles. The van der Waals surface area contributed by atoms with E-state index in [0.717, 1.165) is 39.6 Å². The summed E-state index contributed by atoms with van der Waals surface area (Å²) in [6.07, 6.45) is 1.74. The Kier molecular flexibility index (Phi) is 2.04. The van der Waals surface area contributed by atoms with E-state index in [4.69, 9.17) is 4.42 Å². The number of pyridine rings is 1. The van der Waals surface area contributed by atoms with Crippen LogP contribution in [0.4, 0.5) is 0 Å². The topological polar surface area (TPSA) is 54.7 Å². The van der Waals surface area contributed by atoms with Crippen molar-refractivity contribution in [1.82, 2.24) is 15.0 Å². The van der Waals surface area contributed by atoms with Crippen molar-refractivity contribution in [2.24, 2.45) is 0 Å². The van der Waals surface area contributed by atoms with Crippen LogP contribution in [0.15, 0.2) is 22.7 Å². The Balaban J connectivity index is 2.27. The molecule has 3 aromatic rings. The quantitative estimate of drug-likeness (QED) is 0.694. The lowest BCUT2D eigenvalue weighted by Gasteiger charge is -1.94. The van der Waals surface area contributed by atoms with Crippen molar-refractivity contribution >= 4 is 11.2 Å². The van der Waals surface area contributed by atoms with E-state index in [-0.39, 0.29) is 0 Å². The molecule has 0 amide bonds. The first kappa shape index (κ1) is 10.1. The Bertz CT molecular complexity index is 661. The molecule has 0 spiro atoms. The van der Waals surface area contributed by atoms with E-state index in [1.165, 1.54) is 0 Å². The zero-order valence-corrected chi connectivity index (χ0v) is 10.0. The lowest BCUT2D eigenvalue weighted by atomic mass is 10.1. The highest BCUT2D eigenvalue weighted by Crippen LogP contribution is 2.30. The second kappa shape index (κ2) is 3.45. The number of H-pyrrole nitrogens is 1. The van der Waals surface area contributed by atoms with Gasteiger partial charge < -0.3 is 9.40 Å². The molecule has 86 valence electrons. The monoisotopic (exact) mass is 227 g/mol. The normalized spacial score (nSPS) is 11.2. The summed E-state index contributed by atoms with van der Waals surface area (Å²) in [5.41, 5.74) is 3.85. The predicted octanol–water partition coefficient (Wildman–Crippen LogP) is 3.14. The van der Waals surface area contributed by atoms with Crippen molar-refractivity contribution in [3.05, 3.63) is 35.4 Å². The fourth-order valence-corrected chi connectivity index (χ4v) is 2.11. The van der Waals surface area contributed by atoms with Crippen LogP contribution >= 0.6 is 0 Å². The van der Waals surface area contributed by atoms with Gasteiger partial charge in [0.1, 0.15) is 17.3 Å². The summed E-state index contributed by atoms with van der Waals surface area (Å²) in [7, 11) is 0. The van der Waals surface area contributed by atoms with Gasteiger partial charge in [-0.15, -0.1) is 0 Å². The summed E-state index contributed by atoms with van der Waals surface area (Å²) in [6.45, 7) is 5.96. The molecule has 0 fully saturated rings. The SMILES string of the molecule is Cc1oc(C)c(-c2nc3ncccc3[nH]2)c1C. The number of nitrogens with one attached hydrogen (secondary N) is 1. The molecule has 0 atom stereocenters. The fraction of sp³-hybridized carbons (Fsp3) is 0.231. The molecular weight excluding hydrogens is 214 g/mol. The maximum Gasteiger partial charge on any atom is 0.178 e. The van der Waals surface area contributed by atoms with Crippen LogP contribution in [-0.2, 0) is 0 Å². The first-order valence-corrected chi connectivity index (χ1v) is 5.54. The van der Waals surface area contributed by atoms with E-state index < -0.39 is 0 Å². The minimum Gasteiger partial charge on any atom is -0.466 e. The Morgan fingerprint density at radius 2 is 2.00 bits per heavy atom. The van der Waals surface area contributed by atoms with Crippen LogP contribution in [-0.4, -0.2) is 15.0 Å². The Labute approximate surface area is 98.7 Å². The van der Waals surface area contributed by atoms with Crippen molar-refractivity contribution in [3.8, 4) is 11.4 Å². The van der Waals surface area contributed by atoms with Gasteiger partial charge >= 0.3 is 0 Å². The highest BCUT2D eigenvalue weighted by molar-refractivity contribution is 5.77. The van der Waals surface area contributed by atoms with E-state index in [9.17, 15) is 0 Å². The van der Waals surface area contributed by atoms with Gasteiger partial charge in [-0.1, -0.05) is 0 Å². The van der Waals surface area contributed by atoms with E-state index in [1.807, 2.05) is 32.9 Å². The molecule has 4 nitrogen and oxygen atoms in total. The maximum absolute atomic E-state index is 5.62. The van der Waals surface area contributed by atoms with Crippen LogP contribution in [0.2, 0.25) is 0 Å². The average molecular weight is 227 g/mol.